The van der Waals surface area contributed by atoms with Crippen molar-refractivity contribution in [2.45, 2.75) is 18.4 Å². The summed E-state index contributed by atoms with van der Waals surface area (Å²) in [5, 5.41) is 0. The number of benzene rings is 2. The van der Waals surface area contributed by atoms with E-state index < -0.39 is 15.8 Å². The van der Waals surface area contributed by atoms with Crippen molar-refractivity contribution < 1.29 is 22.3 Å². The molecule has 7 heteroatoms. The minimum Gasteiger partial charge on any atom is -0.497 e. The Balaban J connectivity index is 2.24. The molecule has 2 rings (SSSR count). The van der Waals surface area contributed by atoms with Gasteiger partial charge in [-0.3, -0.25) is 0 Å². The van der Waals surface area contributed by atoms with Crippen LogP contribution < -0.4 is 14.2 Å². The molecule has 0 unspecified atom stereocenters. The molecule has 0 bridgehead atoms. The number of sulfonamides is 1. The molecule has 0 fully saturated rings. The largest absolute Gasteiger partial charge is 0.497 e. The van der Waals surface area contributed by atoms with E-state index in [2.05, 4.69) is 4.72 Å². The summed E-state index contributed by atoms with van der Waals surface area (Å²) in [6.07, 6.45) is 0. The monoisotopic (exact) mass is 339 g/mol. The Kier molecular flexibility index (Phi) is 5.23. The van der Waals surface area contributed by atoms with Crippen LogP contribution >= 0.6 is 0 Å². The van der Waals surface area contributed by atoms with Crippen LogP contribution in [-0.2, 0) is 16.6 Å². The molecule has 0 saturated carbocycles. The second-order valence-corrected chi connectivity index (χ2v) is 6.69. The third kappa shape index (κ3) is 4.20. The summed E-state index contributed by atoms with van der Waals surface area (Å²) >= 11 is 0. The number of ether oxygens (including phenoxy) is 2. The molecule has 0 aliphatic carbocycles. The first-order valence-corrected chi connectivity index (χ1v) is 8.32. The van der Waals surface area contributed by atoms with Crippen LogP contribution in [0.25, 0.3) is 0 Å². The van der Waals surface area contributed by atoms with E-state index in [9.17, 15) is 12.8 Å². The Hall–Kier alpha value is -2.12. The van der Waals surface area contributed by atoms with Gasteiger partial charge < -0.3 is 9.47 Å². The molecule has 1 N–H and O–H groups in total. The molecule has 0 aromatic heterocycles. The summed E-state index contributed by atoms with van der Waals surface area (Å²) in [7, 11) is -0.797. The highest BCUT2D eigenvalue weighted by molar-refractivity contribution is 7.89. The van der Waals surface area contributed by atoms with Crippen molar-refractivity contribution in [2.75, 3.05) is 14.2 Å². The molecular weight excluding hydrogens is 321 g/mol. The lowest BCUT2D eigenvalue weighted by atomic mass is 10.2. The van der Waals surface area contributed by atoms with Crippen LogP contribution in [0.2, 0.25) is 0 Å². The van der Waals surface area contributed by atoms with Crippen molar-refractivity contribution in [3.05, 3.63) is 53.3 Å². The van der Waals surface area contributed by atoms with Gasteiger partial charge >= 0.3 is 0 Å². The Morgan fingerprint density at radius 3 is 2.22 bits per heavy atom. The molecule has 0 radical (unpaired) electrons. The Morgan fingerprint density at radius 2 is 1.65 bits per heavy atom. The number of halogens is 1. The smallest absolute Gasteiger partial charge is 0.241 e. The molecule has 124 valence electrons. The maximum absolute atomic E-state index is 13.3. The van der Waals surface area contributed by atoms with E-state index in [-0.39, 0.29) is 11.4 Å². The Labute approximate surface area is 135 Å². The molecule has 0 aliphatic heterocycles. The first-order valence-electron chi connectivity index (χ1n) is 6.83. The zero-order chi connectivity index (χ0) is 17.0. The number of hydrogen-bond donors (Lipinski definition) is 1. The van der Waals surface area contributed by atoms with Crippen LogP contribution in [0, 0.1) is 12.7 Å². The van der Waals surface area contributed by atoms with Crippen LogP contribution in [0.1, 0.15) is 11.1 Å². The average molecular weight is 339 g/mol. The molecule has 0 spiro atoms. The van der Waals surface area contributed by atoms with Gasteiger partial charge in [0.25, 0.3) is 0 Å². The van der Waals surface area contributed by atoms with Gasteiger partial charge in [-0.2, -0.15) is 0 Å². The Bertz CT molecular complexity index is 783. The van der Waals surface area contributed by atoms with Crippen molar-refractivity contribution in [3.63, 3.8) is 0 Å². The minimum atomic E-state index is -3.82. The fraction of sp³-hybridized carbons (Fsp3) is 0.250. The number of rotatable bonds is 6. The van der Waals surface area contributed by atoms with Gasteiger partial charge in [0.2, 0.25) is 10.0 Å². The van der Waals surface area contributed by atoms with Crippen LogP contribution in [0.15, 0.2) is 41.3 Å². The molecule has 0 amide bonds. The van der Waals surface area contributed by atoms with Gasteiger partial charge in [-0.05, 0) is 42.3 Å². The van der Waals surface area contributed by atoms with E-state index >= 15 is 0 Å². The molecule has 23 heavy (non-hydrogen) atoms. The lowest BCUT2D eigenvalue weighted by Crippen LogP contribution is -2.24. The van der Waals surface area contributed by atoms with E-state index in [0.29, 0.717) is 22.6 Å². The lowest BCUT2D eigenvalue weighted by Gasteiger charge is -2.11. The van der Waals surface area contributed by atoms with Crippen LogP contribution in [-0.4, -0.2) is 22.6 Å². The fourth-order valence-electron chi connectivity index (χ4n) is 2.09. The maximum atomic E-state index is 13.3. The topological polar surface area (TPSA) is 64.6 Å². The highest BCUT2D eigenvalue weighted by atomic mass is 32.2. The van der Waals surface area contributed by atoms with Gasteiger partial charge in [0, 0.05) is 12.6 Å². The van der Waals surface area contributed by atoms with E-state index in [0.717, 1.165) is 6.07 Å². The minimum absolute atomic E-state index is 0.0336. The first-order chi connectivity index (χ1) is 10.9. The third-order valence-electron chi connectivity index (χ3n) is 3.32. The molecular formula is C16H18FNO4S. The summed E-state index contributed by atoms with van der Waals surface area (Å²) in [6, 6.07) is 8.74. The maximum Gasteiger partial charge on any atom is 0.241 e. The van der Waals surface area contributed by atoms with Crippen molar-refractivity contribution in [1.29, 1.82) is 0 Å². The van der Waals surface area contributed by atoms with Crippen LogP contribution in [0.5, 0.6) is 11.5 Å². The quantitative estimate of drug-likeness (QED) is 0.879. The second-order valence-electron chi connectivity index (χ2n) is 4.96. The van der Waals surface area contributed by atoms with Crippen molar-refractivity contribution in [3.8, 4) is 11.5 Å². The summed E-state index contributed by atoms with van der Waals surface area (Å²) in [5.41, 5.74) is 1.14. The summed E-state index contributed by atoms with van der Waals surface area (Å²) in [5.74, 6) is 0.514. The number of hydrogen-bond acceptors (Lipinski definition) is 4. The number of methoxy groups -OCH3 is 2. The molecule has 0 atom stereocenters. The predicted octanol–water partition coefficient (Wildman–Crippen LogP) is 2.63. The zero-order valence-electron chi connectivity index (χ0n) is 13.1. The molecule has 0 saturated heterocycles. The standard InChI is InChI=1S/C16H18FNO4S/c1-11-4-5-13(17)8-16(11)23(19,20)18-10-12-6-14(21-2)9-15(7-12)22-3/h4-9,18H,10H2,1-3H3. The average Bonchev–Trinajstić information content (AvgIpc) is 2.54. The fourth-order valence-corrected chi connectivity index (χ4v) is 3.36. The third-order valence-corrected chi connectivity index (χ3v) is 4.86. The van der Waals surface area contributed by atoms with Crippen molar-refractivity contribution in [2.24, 2.45) is 0 Å². The highest BCUT2D eigenvalue weighted by Crippen LogP contribution is 2.23. The van der Waals surface area contributed by atoms with Crippen LogP contribution in [0.4, 0.5) is 4.39 Å². The van der Waals surface area contributed by atoms with Gasteiger partial charge in [0.1, 0.15) is 17.3 Å². The SMILES string of the molecule is COc1cc(CNS(=O)(=O)c2cc(F)ccc2C)cc(OC)c1. The number of aryl methyl sites for hydroxylation is 1. The summed E-state index contributed by atoms with van der Waals surface area (Å²) < 4.78 is 50.7. The van der Waals surface area contributed by atoms with E-state index in [1.54, 1.807) is 25.1 Å². The predicted molar refractivity (Wildman–Crippen MR) is 84.7 cm³/mol. The van der Waals surface area contributed by atoms with Crippen molar-refractivity contribution in [1.82, 2.24) is 4.72 Å². The van der Waals surface area contributed by atoms with Gasteiger partial charge in [0.05, 0.1) is 19.1 Å². The van der Waals surface area contributed by atoms with Gasteiger partial charge in [-0.1, -0.05) is 6.07 Å². The van der Waals surface area contributed by atoms with E-state index in [1.807, 2.05) is 0 Å². The molecule has 2 aromatic rings. The molecule has 0 heterocycles. The molecule has 2 aromatic carbocycles. The summed E-state index contributed by atoms with van der Waals surface area (Å²) in [4.78, 5) is -0.0765. The summed E-state index contributed by atoms with van der Waals surface area (Å²) in [6.45, 7) is 1.65. The van der Waals surface area contributed by atoms with E-state index in [4.69, 9.17) is 9.47 Å². The molecule has 0 aliphatic rings. The Morgan fingerprint density at radius 1 is 1.04 bits per heavy atom. The second kappa shape index (κ2) is 6.97. The first kappa shape index (κ1) is 17.2. The number of nitrogens with one attached hydrogen (secondary N) is 1. The zero-order valence-corrected chi connectivity index (χ0v) is 13.9. The highest BCUT2D eigenvalue weighted by Gasteiger charge is 2.17. The lowest BCUT2D eigenvalue weighted by molar-refractivity contribution is 0.393. The van der Waals surface area contributed by atoms with Crippen LogP contribution in [0.3, 0.4) is 0 Å². The van der Waals surface area contributed by atoms with Gasteiger partial charge in [0.15, 0.2) is 0 Å². The van der Waals surface area contributed by atoms with E-state index in [1.165, 1.54) is 26.4 Å². The molecule has 5 nitrogen and oxygen atoms in total. The normalized spacial score (nSPS) is 11.3. The van der Waals surface area contributed by atoms with Crippen molar-refractivity contribution >= 4 is 10.0 Å². The van der Waals surface area contributed by atoms with Gasteiger partial charge in [-0.25, -0.2) is 17.5 Å². The van der Waals surface area contributed by atoms with Gasteiger partial charge in [-0.15, -0.1) is 0 Å².